The molecule has 1 atom stereocenters. The second-order valence-electron chi connectivity index (χ2n) is 5.18. The molecular formula is C18H22ClN3O4. The zero-order chi connectivity index (χ0) is 18.2. The first-order valence-electron chi connectivity index (χ1n) is 7.55. The average Bonchev–Trinajstić information content (AvgIpc) is 2.61. The van der Waals surface area contributed by atoms with E-state index in [0.29, 0.717) is 17.1 Å². The van der Waals surface area contributed by atoms with Gasteiger partial charge in [0.25, 0.3) is 0 Å². The van der Waals surface area contributed by atoms with Gasteiger partial charge in [-0.25, -0.2) is 0 Å². The lowest BCUT2D eigenvalue weighted by molar-refractivity contribution is -0.145. The standard InChI is InChI=1S/C18H21N3O4.ClH/c1-12(22)25-18(14-8-16(23-2)10-17(9-14)24-3)21-15-6-4-5-13(7-15)11-20-19;/h4-11,18,21H,19H2,1-3H3;1H. The fraction of sp³-hybridized carbons (Fsp3) is 0.222. The van der Waals surface area contributed by atoms with Crippen LogP contribution in [0.2, 0.25) is 0 Å². The van der Waals surface area contributed by atoms with Crippen LogP contribution in [-0.4, -0.2) is 26.4 Å². The fourth-order valence-corrected chi connectivity index (χ4v) is 2.27. The Hall–Kier alpha value is -2.93. The van der Waals surface area contributed by atoms with Crippen molar-refractivity contribution < 1.29 is 19.0 Å². The SMILES string of the molecule is COc1cc(OC)cc(C(Nc2cccc(C=NN)c2)OC(C)=O)c1.Cl. The minimum absolute atomic E-state index is 0. The van der Waals surface area contributed by atoms with Gasteiger partial charge in [0.15, 0.2) is 6.23 Å². The van der Waals surface area contributed by atoms with Crippen molar-refractivity contribution in [3.63, 3.8) is 0 Å². The van der Waals surface area contributed by atoms with Gasteiger partial charge in [0.1, 0.15) is 11.5 Å². The number of benzene rings is 2. The molecule has 2 aromatic rings. The molecular weight excluding hydrogens is 358 g/mol. The summed E-state index contributed by atoms with van der Waals surface area (Å²) < 4.78 is 16.0. The minimum atomic E-state index is -0.716. The van der Waals surface area contributed by atoms with Crippen molar-refractivity contribution in [2.75, 3.05) is 19.5 Å². The Morgan fingerprint density at radius 2 is 1.81 bits per heavy atom. The number of carbonyl (C=O) groups is 1. The van der Waals surface area contributed by atoms with Crippen molar-refractivity contribution in [2.45, 2.75) is 13.2 Å². The van der Waals surface area contributed by atoms with Crippen molar-refractivity contribution in [1.82, 2.24) is 0 Å². The Kier molecular flexibility index (Phi) is 8.24. The zero-order valence-corrected chi connectivity index (χ0v) is 15.6. The number of hydrogen-bond donors (Lipinski definition) is 2. The van der Waals surface area contributed by atoms with E-state index in [1.54, 1.807) is 32.4 Å². The van der Waals surface area contributed by atoms with E-state index in [-0.39, 0.29) is 12.4 Å². The fourth-order valence-electron chi connectivity index (χ4n) is 2.27. The van der Waals surface area contributed by atoms with Gasteiger partial charge in [-0.1, -0.05) is 12.1 Å². The second-order valence-corrected chi connectivity index (χ2v) is 5.18. The van der Waals surface area contributed by atoms with Gasteiger partial charge in [-0.05, 0) is 29.8 Å². The monoisotopic (exact) mass is 379 g/mol. The highest BCUT2D eigenvalue weighted by molar-refractivity contribution is 5.85. The number of hydrogen-bond acceptors (Lipinski definition) is 7. The molecule has 3 N–H and O–H groups in total. The lowest BCUT2D eigenvalue weighted by Gasteiger charge is -2.21. The van der Waals surface area contributed by atoms with Crippen molar-refractivity contribution in [3.05, 3.63) is 53.6 Å². The predicted molar refractivity (Wildman–Crippen MR) is 103 cm³/mol. The molecule has 2 rings (SSSR count). The van der Waals surface area contributed by atoms with Gasteiger partial charge in [0.2, 0.25) is 0 Å². The maximum atomic E-state index is 11.5. The summed E-state index contributed by atoms with van der Waals surface area (Å²) in [5, 5.41) is 6.68. The number of carbonyl (C=O) groups excluding carboxylic acids is 1. The molecule has 0 fully saturated rings. The highest BCUT2D eigenvalue weighted by atomic mass is 35.5. The number of hydrazone groups is 1. The van der Waals surface area contributed by atoms with Crippen LogP contribution in [0.3, 0.4) is 0 Å². The molecule has 0 aromatic heterocycles. The Bertz CT molecular complexity index is 746. The molecule has 0 radical (unpaired) electrons. The molecule has 0 aliphatic heterocycles. The molecule has 0 aliphatic rings. The van der Waals surface area contributed by atoms with Crippen molar-refractivity contribution in [2.24, 2.45) is 10.9 Å². The van der Waals surface area contributed by atoms with Crippen LogP contribution < -0.4 is 20.6 Å². The van der Waals surface area contributed by atoms with E-state index >= 15 is 0 Å². The average molecular weight is 380 g/mol. The van der Waals surface area contributed by atoms with Crippen molar-refractivity contribution >= 4 is 30.3 Å². The van der Waals surface area contributed by atoms with Crippen LogP contribution in [0, 0.1) is 0 Å². The smallest absolute Gasteiger partial charge is 0.304 e. The molecule has 0 spiro atoms. The van der Waals surface area contributed by atoms with Gasteiger partial charge in [-0.2, -0.15) is 5.10 Å². The Balaban J connectivity index is 0.00000338. The van der Waals surface area contributed by atoms with Crippen LogP contribution in [0.15, 0.2) is 47.6 Å². The zero-order valence-electron chi connectivity index (χ0n) is 14.8. The van der Waals surface area contributed by atoms with E-state index in [9.17, 15) is 4.79 Å². The second kappa shape index (κ2) is 10.1. The van der Waals surface area contributed by atoms with Gasteiger partial charge in [0, 0.05) is 24.2 Å². The summed E-state index contributed by atoms with van der Waals surface area (Å²) >= 11 is 0. The van der Waals surface area contributed by atoms with Crippen molar-refractivity contribution in [1.29, 1.82) is 0 Å². The maximum absolute atomic E-state index is 11.5. The van der Waals surface area contributed by atoms with Crippen LogP contribution in [0.4, 0.5) is 5.69 Å². The summed E-state index contributed by atoms with van der Waals surface area (Å²) in [5.41, 5.74) is 2.24. The first-order chi connectivity index (χ1) is 12.0. The van der Waals surface area contributed by atoms with Crippen LogP contribution in [0.1, 0.15) is 24.3 Å². The van der Waals surface area contributed by atoms with Gasteiger partial charge in [0.05, 0.1) is 20.4 Å². The van der Waals surface area contributed by atoms with Gasteiger partial charge < -0.3 is 25.4 Å². The number of anilines is 1. The topological polar surface area (TPSA) is 95.2 Å². The van der Waals surface area contributed by atoms with E-state index in [2.05, 4.69) is 10.4 Å². The summed E-state index contributed by atoms with van der Waals surface area (Å²) in [5.74, 6) is 5.96. The maximum Gasteiger partial charge on any atom is 0.304 e. The molecule has 8 heteroatoms. The van der Waals surface area contributed by atoms with E-state index < -0.39 is 12.2 Å². The highest BCUT2D eigenvalue weighted by Gasteiger charge is 2.17. The third kappa shape index (κ3) is 5.86. The van der Waals surface area contributed by atoms with Gasteiger partial charge >= 0.3 is 5.97 Å². The number of halogens is 1. The number of esters is 1. The molecule has 0 bridgehead atoms. The normalized spacial score (nSPS) is 11.3. The van der Waals surface area contributed by atoms with Crippen LogP contribution in [-0.2, 0) is 9.53 Å². The Labute approximate surface area is 158 Å². The number of nitrogens with one attached hydrogen (secondary N) is 1. The summed E-state index contributed by atoms with van der Waals surface area (Å²) in [7, 11) is 3.12. The number of nitrogens with zero attached hydrogens (tertiary/aromatic N) is 1. The first kappa shape index (κ1) is 21.1. The van der Waals surface area contributed by atoms with E-state index in [1.165, 1.54) is 13.1 Å². The summed E-state index contributed by atoms with van der Waals surface area (Å²) in [6, 6.07) is 12.7. The van der Waals surface area contributed by atoms with Crippen LogP contribution in [0.5, 0.6) is 11.5 Å². The van der Waals surface area contributed by atoms with Crippen LogP contribution in [0.25, 0.3) is 0 Å². The predicted octanol–water partition coefficient (Wildman–Crippen LogP) is 3.09. The molecule has 140 valence electrons. The molecule has 26 heavy (non-hydrogen) atoms. The van der Waals surface area contributed by atoms with Crippen molar-refractivity contribution in [3.8, 4) is 11.5 Å². The third-order valence-electron chi connectivity index (χ3n) is 3.37. The molecule has 0 saturated carbocycles. The summed E-state index contributed by atoms with van der Waals surface area (Å²) in [6.45, 7) is 1.35. The van der Waals surface area contributed by atoms with Gasteiger partial charge in [-0.15, -0.1) is 12.4 Å². The quantitative estimate of drug-likeness (QED) is 0.252. The lowest BCUT2D eigenvalue weighted by Crippen LogP contribution is -2.17. The molecule has 0 aliphatic carbocycles. The van der Waals surface area contributed by atoms with Crippen LogP contribution >= 0.6 is 12.4 Å². The molecule has 0 heterocycles. The molecule has 1 unspecified atom stereocenters. The van der Waals surface area contributed by atoms with Gasteiger partial charge in [-0.3, -0.25) is 4.79 Å². The number of methoxy groups -OCH3 is 2. The molecule has 7 nitrogen and oxygen atoms in total. The Morgan fingerprint density at radius 3 is 2.35 bits per heavy atom. The van der Waals surface area contributed by atoms with E-state index in [4.69, 9.17) is 20.1 Å². The molecule has 0 saturated heterocycles. The largest absolute Gasteiger partial charge is 0.497 e. The highest BCUT2D eigenvalue weighted by Crippen LogP contribution is 2.29. The number of nitrogens with two attached hydrogens (primary N) is 1. The number of ether oxygens (including phenoxy) is 3. The third-order valence-corrected chi connectivity index (χ3v) is 3.37. The molecule has 2 aromatic carbocycles. The summed E-state index contributed by atoms with van der Waals surface area (Å²) in [4.78, 5) is 11.5. The molecule has 0 amide bonds. The first-order valence-corrected chi connectivity index (χ1v) is 7.55. The van der Waals surface area contributed by atoms with E-state index in [0.717, 1.165) is 11.3 Å². The Morgan fingerprint density at radius 1 is 1.15 bits per heavy atom. The number of rotatable bonds is 7. The van der Waals surface area contributed by atoms with E-state index in [1.807, 2.05) is 24.3 Å². The minimum Gasteiger partial charge on any atom is -0.497 e. The lowest BCUT2D eigenvalue weighted by atomic mass is 10.1. The summed E-state index contributed by atoms with van der Waals surface area (Å²) in [6.07, 6.45) is 0.812.